The average molecular weight is 367 g/mol. The highest BCUT2D eigenvalue weighted by Gasteiger charge is 2.18. The number of fused-ring (bicyclic) bond motifs is 1. The van der Waals surface area contributed by atoms with Gasteiger partial charge in [-0.15, -0.1) is 11.3 Å². The van der Waals surface area contributed by atoms with Crippen LogP contribution in [0.1, 0.15) is 9.67 Å². The van der Waals surface area contributed by atoms with Crippen LogP contribution in [0.2, 0.25) is 0 Å². The Morgan fingerprint density at radius 3 is 2.86 bits per heavy atom. The molecule has 8 heteroatoms. The van der Waals surface area contributed by atoms with E-state index in [4.69, 9.17) is 5.73 Å². The van der Waals surface area contributed by atoms with Crippen LogP contribution in [0.25, 0.3) is 10.3 Å². The summed E-state index contributed by atoms with van der Waals surface area (Å²) in [5, 5.41) is 2.62. The molecule has 2 heterocycles. The van der Waals surface area contributed by atoms with Gasteiger partial charge in [-0.2, -0.15) is 0 Å². The van der Waals surface area contributed by atoms with Gasteiger partial charge < -0.3 is 11.1 Å². The molecule has 1 amide bonds. The minimum absolute atomic E-state index is 0.271. The van der Waals surface area contributed by atoms with E-state index in [1.807, 2.05) is 0 Å². The lowest BCUT2D eigenvalue weighted by Crippen LogP contribution is -2.12. The summed E-state index contributed by atoms with van der Waals surface area (Å²) in [6.45, 7) is 0. The van der Waals surface area contributed by atoms with Crippen molar-refractivity contribution in [3.63, 3.8) is 0 Å². The maximum absolute atomic E-state index is 13.2. The van der Waals surface area contributed by atoms with Crippen molar-refractivity contribution in [3.8, 4) is 0 Å². The zero-order valence-electron chi connectivity index (χ0n) is 10.4. The number of nitrogens with one attached hydrogen (secondary N) is 1. The summed E-state index contributed by atoms with van der Waals surface area (Å²) in [4.78, 5) is 21.4. The number of nitrogens with two attached hydrogens (primary N) is 1. The molecule has 0 atom stereocenters. The molecule has 21 heavy (non-hydrogen) atoms. The van der Waals surface area contributed by atoms with Crippen LogP contribution in [-0.2, 0) is 0 Å². The molecule has 0 radical (unpaired) electrons. The Labute approximate surface area is 131 Å². The third kappa shape index (κ3) is 2.59. The Kier molecular flexibility index (Phi) is 3.56. The van der Waals surface area contributed by atoms with Gasteiger partial charge in [0.05, 0.1) is 11.4 Å². The van der Waals surface area contributed by atoms with Gasteiger partial charge >= 0.3 is 0 Å². The van der Waals surface area contributed by atoms with Crippen LogP contribution in [0.5, 0.6) is 0 Å². The molecule has 0 unspecified atom stereocenters. The minimum atomic E-state index is -0.443. The number of nitrogen functional groups attached to an aromatic ring is 1. The van der Waals surface area contributed by atoms with Crippen molar-refractivity contribution < 1.29 is 9.18 Å². The van der Waals surface area contributed by atoms with Gasteiger partial charge in [0.25, 0.3) is 5.91 Å². The molecule has 0 saturated heterocycles. The van der Waals surface area contributed by atoms with Crippen LogP contribution < -0.4 is 11.1 Å². The first kappa shape index (κ1) is 13.9. The van der Waals surface area contributed by atoms with E-state index in [1.54, 1.807) is 0 Å². The second-order valence-electron chi connectivity index (χ2n) is 4.13. The molecule has 3 rings (SSSR count). The molecule has 2 aromatic heterocycles. The van der Waals surface area contributed by atoms with Crippen LogP contribution in [-0.4, -0.2) is 15.9 Å². The largest absolute Gasteiger partial charge is 0.396 e. The molecule has 0 aliphatic rings. The van der Waals surface area contributed by atoms with E-state index in [0.717, 1.165) is 11.3 Å². The quantitative estimate of drug-likeness (QED) is 0.727. The Balaban J connectivity index is 1.97. The van der Waals surface area contributed by atoms with Gasteiger partial charge in [0.15, 0.2) is 0 Å². The lowest BCUT2D eigenvalue weighted by molar-refractivity contribution is 0.103. The normalized spacial score (nSPS) is 10.8. The van der Waals surface area contributed by atoms with Crippen molar-refractivity contribution in [3.05, 3.63) is 45.8 Å². The third-order valence-corrected chi connectivity index (χ3v) is 4.54. The van der Waals surface area contributed by atoms with Crippen molar-refractivity contribution in [1.82, 2.24) is 9.97 Å². The second-order valence-corrected chi connectivity index (χ2v) is 5.99. The van der Waals surface area contributed by atoms with Crippen LogP contribution >= 0.6 is 27.3 Å². The van der Waals surface area contributed by atoms with Gasteiger partial charge in [-0.25, -0.2) is 14.4 Å². The molecule has 0 saturated carbocycles. The van der Waals surface area contributed by atoms with E-state index in [2.05, 4.69) is 31.2 Å². The molecule has 0 spiro atoms. The Bertz CT molecular complexity index is 851. The van der Waals surface area contributed by atoms with E-state index >= 15 is 0 Å². The summed E-state index contributed by atoms with van der Waals surface area (Å²) in [5.41, 5.74) is 7.02. The Morgan fingerprint density at radius 2 is 2.10 bits per heavy atom. The van der Waals surface area contributed by atoms with Crippen LogP contribution in [0.3, 0.4) is 0 Å². The van der Waals surface area contributed by atoms with Crippen molar-refractivity contribution in [1.29, 1.82) is 0 Å². The number of thiophene rings is 1. The van der Waals surface area contributed by atoms with Gasteiger partial charge in [0.2, 0.25) is 0 Å². The zero-order chi connectivity index (χ0) is 15.0. The number of nitrogens with zero attached hydrogens (tertiary/aromatic N) is 2. The van der Waals surface area contributed by atoms with Gasteiger partial charge in [0.1, 0.15) is 21.0 Å². The molecule has 106 valence electrons. The van der Waals surface area contributed by atoms with Gasteiger partial charge in [-0.05, 0) is 34.1 Å². The highest BCUT2D eigenvalue weighted by Crippen LogP contribution is 2.32. The number of amides is 1. The predicted molar refractivity (Wildman–Crippen MR) is 83.9 cm³/mol. The molecule has 0 bridgehead atoms. The summed E-state index contributed by atoms with van der Waals surface area (Å²) < 4.78 is 13.8. The standard InChI is InChI=1S/C13H8BrFN4OS/c14-7-2-1-6(15)5-8(7)19-12(20)11-9(16)10-13(21-11)18-4-3-17-10/h1-5H,16H2,(H,19,20). The number of hydrogen-bond acceptors (Lipinski definition) is 5. The zero-order valence-corrected chi connectivity index (χ0v) is 12.8. The van der Waals surface area contributed by atoms with Gasteiger partial charge in [0, 0.05) is 16.9 Å². The molecule has 3 N–H and O–H groups in total. The van der Waals surface area contributed by atoms with Crippen molar-refractivity contribution in [2.75, 3.05) is 11.1 Å². The lowest BCUT2D eigenvalue weighted by Gasteiger charge is -2.06. The average Bonchev–Trinajstić information content (AvgIpc) is 2.81. The van der Waals surface area contributed by atoms with Crippen molar-refractivity contribution >= 4 is 54.9 Å². The molecule has 0 aliphatic carbocycles. The summed E-state index contributed by atoms with van der Waals surface area (Å²) >= 11 is 4.39. The Hall–Kier alpha value is -2.06. The van der Waals surface area contributed by atoms with Crippen molar-refractivity contribution in [2.24, 2.45) is 0 Å². The predicted octanol–water partition coefficient (Wildman–Crippen LogP) is 3.43. The first-order chi connectivity index (χ1) is 10.1. The number of aromatic nitrogens is 2. The SMILES string of the molecule is Nc1c(C(=O)Nc2cc(F)ccc2Br)sc2nccnc12. The molecule has 1 aromatic carbocycles. The fourth-order valence-corrected chi connectivity index (χ4v) is 3.05. The molecule has 0 fully saturated rings. The molecule has 0 aliphatic heterocycles. The highest BCUT2D eigenvalue weighted by atomic mass is 79.9. The maximum atomic E-state index is 13.2. The first-order valence-electron chi connectivity index (χ1n) is 5.81. The van der Waals surface area contributed by atoms with E-state index in [9.17, 15) is 9.18 Å². The number of anilines is 2. The summed E-state index contributed by atoms with van der Waals surface area (Å²) in [5.74, 6) is -0.871. The van der Waals surface area contributed by atoms with E-state index in [0.29, 0.717) is 25.4 Å². The highest BCUT2D eigenvalue weighted by molar-refractivity contribution is 9.10. The van der Waals surface area contributed by atoms with Gasteiger partial charge in [-0.1, -0.05) is 0 Å². The second kappa shape index (κ2) is 5.38. The monoisotopic (exact) mass is 366 g/mol. The van der Waals surface area contributed by atoms with E-state index in [1.165, 1.54) is 30.6 Å². The van der Waals surface area contributed by atoms with Crippen LogP contribution in [0.15, 0.2) is 35.1 Å². The fourth-order valence-electron chi connectivity index (χ4n) is 1.78. The first-order valence-corrected chi connectivity index (χ1v) is 7.42. The van der Waals surface area contributed by atoms with E-state index in [-0.39, 0.29) is 5.69 Å². The number of benzene rings is 1. The maximum Gasteiger partial charge on any atom is 0.268 e. The molecule has 5 nitrogen and oxygen atoms in total. The number of carbonyl (C=O) groups excluding carboxylic acids is 1. The summed E-state index contributed by atoms with van der Waals surface area (Å²) in [6, 6.07) is 4.03. The fraction of sp³-hybridized carbons (Fsp3) is 0. The third-order valence-electron chi connectivity index (χ3n) is 2.75. The van der Waals surface area contributed by atoms with Crippen LogP contribution in [0, 0.1) is 5.82 Å². The minimum Gasteiger partial charge on any atom is -0.396 e. The van der Waals surface area contributed by atoms with Crippen molar-refractivity contribution in [2.45, 2.75) is 0 Å². The number of rotatable bonds is 2. The topological polar surface area (TPSA) is 80.9 Å². The molecule has 3 aromatic rings. The smallest absolute Gasteiger partial charge is 0.268 e. The van der Waals surface area contributed by atoms with Crippen LogP contribution in [0.4, 0.5) is 15.8 Å². The summed E-state index contributed by atoms with van der Waals surface area (Å²) in [7, 11) is 0. The lowest BCUT2D eigenvalue weighted by atomic mass is 10.3. The molecular weight excluding hydrogens is 359 g/mol. The van der Waals surface area contributed by atoms with Gasteiger partial charge in [-0.3, -0.25) is 4.79 Å². The number of halogens is 2. The Morgan fingerprint density at radius 1 is 1.33 bits per heavy atom. The summed E-state index contributed by atoms with van der Waals surface area (Å²) in [6.07, 6.45) is 3.04. The van der Waals surface area contributed by atoms with E-state index < -0.39 is 11.7 Å². The number of hydrogen-bond donors (Lipinski definition) is 2. The molecular formula is C13H8BrFN4OS. The number of carbonyl (C=O) groups is 1.